The van der Waals surface area contributed by atoms with E-state index in [9.17, 15) is 9.00 Å². The number of nitrogens with one attached hydrogen (secondary N) is 2. The third-order valence-corrected chi connectivity index (χ3v) is 4.68. The highest BCUT2D eigenvalue weighted by atomic mass is 32.2. The molecule has 1 rings (SSSR count). The summed E-state index contributed by atoms with van der Waals surface area (Å²) in [6.07, 6.45) is 2.75. The number of rotatable bonds is 5. The van der Waals surface area contributed by atoms with Gasteiger partial charge in [-0.05, 0) is 33.1 Å². The molecular formula is C12H24N2O2S. The summed E-state index contributed by atoms with van der Waals surface area (Å²) < 4.78 is 11.2. The molecule has 1 aliphatic heterocycles. The lowest BCUT2D eigenvalue weighted by Crippen LogP contribution is -2.48. The zero-order valence-electron chi connectivity index (χ0n) is 11.0. The van der Waals surface area contributed by atoms with Gasteiger partial charge in [-0.3, -0.25) is 9.00 Å². The summed E-state index contributed by atoms with van der Waals surface area (Å²) in [5.74, 6) is 1.57. The van der Waals surface area contributed by atoms with Crippen molar-refractivity contribution in [2.45, 2.75) is 51.6 Å². The van der Waals surface area contributed by atoms with Crippen LogP contribution < -0.4 is 10.6 Å². The monoisotopic (exact) mass is 260 g/mol. The standard InChI is InChI=1S/C12H24N2O2S/c1-4-12(2,3)14-11(15)9-13-10-5-7-17(16)8-6-10/h10,13H,4-9H2,1-3H3,(H,14,15). The summed E-state index contributed by atoms with van der Waals surface area (Å²) in [5, 5.41) is 6.23. The SMILES string of the molecule is CCC(C)(C)NC(=O)CNC1CCS(=O)CC1. The first-order valence-corrected chi connectivity index (χ1v) is 7.81. The van der Waals surface area contributed by atoms with E-state index in [2.05, 4.69) is 17.6 Å². The second kappa shape index (κ2) is 6.50. The Hall–Kier alpha value is -0.420. The summed E-state index contributed by atoms with van der Waals surface area (Å²) >= 11 is 0. The molecular weight excluding hydrogens is 236 g/mol. The topological polar surface area (TPSA) is 58.2 Å². The van der Waals surface area contributed by atoms with Gasteiger partial charge in [0.05, 0.1) is 6.54 Å². The lowest BCUT2D eigenvalue weighted by Gasteiger charge is -2.26. The number of carbonyl (C=O) groups excluding carboxylic acids is 1. The molecule has 0 radical (unpaired) electrons. The van der Waals surface area contributed by atoms with Gasteiger partial charge in [-0.1, -0.05) is 6.92 Å². The van der Waals surface area contributed by atoms with Crippen LogP contribution in [0.4, 0.5) is 0 Å². The van der Waals surface area contributed by atoms with Crippen LogP contribution >= 0.6 is 0 Å². The molecule has 2 N–H and O–H groups in total. The molecule has 1 amide bonds. The van der Waals surface area contributed by atoms with Crippen LogP contribution in [0.2, 0.25) is 0 Å². The predicted molar refractivity (Wildman–Crippen MR) is 71.4 cm³/mol. The van der Waals surface area contributed by atoms with Crippen LogP contribution in [0.5, 0.6) is 0 Å². The van der Waals surface area contributed by atoms with E-state index < -0.39 is 10.8 Å². The van der Waals surface area contributed by atoms with E-state index >= 15 is 0 Å². The molecule has 1 saturated heterocycles. The van der Waals surface area contributed by atoms with E-state index in [-0.39, 0.29) is 11.4 Å². The van der Waals surface area contributed by atoms with Crippen LogP contribution in [-0.2, 0) is 15.6 Å². The first-order chi connectivity index (χ1) is 7.93. The van der Waals surface area contributed by atoms with Crippen molar-refractivity contribution in [2.24, 2.45) is 0 Å². The fourth-order valence-corrected chi connectivity index (χ4v) is 3.04. The Balaban J connectivity index is 2.22. The molecule has 100 valence electrons. The van der Waals surface area contributed by atoms with Crippen molar-refractivity contribution in [3.8, 4) is 0 Å². The van der Waals surface area contributed by atoms with Gasteiger partial charge in [0, 0.05) is 33.9 Å². The number of hydrogen-bond acceptors (Lipinski definition) is 3. The average Bonchev–Trinajstić information content (AvgIpc) is 2.28. The Morgan fingerprint density at radius 2 is 1.94 bits per heavy atom. The Kier molecular flexibility index (Phi) is 5.59. The van der Waals surface area contributed by atoms with Gasteiger partial charge in [0.2, 0.25) is 5.91 Å². The van der Waals surface area contributed by atoms with Gasteiger partial charge in [-0.2, -0.15) is 0 Å². The van der Waals surface area contributed by atoms with Crippen LogP contribution in [0.1, 0.15) is 40.0 Å². The third kappa shape index (κ3) is 5.64. The lowest BCUT2D eigenvalue weighted by molar-refractivity contribution is -0.122. The third-order valence-electron chi connectivity index (χ3n) is 3.30. The minimum Gasteiger partial charge on any atom is -0.350 e. The maximum atomic E-state index is 11.7. The summed E-state index contributed by atoms with van der Waals surface area (Å²) in [4.78, 5) is 11.7. The highest BCUT2D eigenvalue weighted by Gasteiger charge is 2.20. The molecule has 0 bridgehead atoms. The predicted octanol–water partition coefficient (Wildman–Crippen LogP) is 0.792. The summed E-state index contributed by atoms with van der Waals surface area (Å²) in [5.41, 5.74) is -0.132. The Morgan fingerprint density at radius 3 is 2.47 bits per heavy atom. The number of carbonyl (C=O) groups is 1. The quantitative estimate of drug-likeness (QED) is 0.768. The Morgan fingerprint density at radius 1 is 1.35 bits per heavy atom. The maximum absolute atomic E-state index is 11.7. The number of hydrogen-bond donors (Lipinski definition) is 2. The second-order valence-corrected chi connectivity index (χ2v) is 6.99. The van der Waals surface area contributed by atoms with Crippen molar-refractivity contribution >= 4 is 16.7 Å². The highest BCUT2D eigenvalue weighted by Crippen LogP contribution is 2.09. The van der Waals surface area contributed by atoms with Crippen LogP contribution in [0.3, 0.4) is 0 Å². The van der Waals surface area contributed by atoms with Crippen molar-refractivity contribution in [1.29, 1.82) is 0 Å². The largest absolute Gasteiger partial charge is 0.350 e. The molecule has 0 aromatic rings. The number of amides is 1. The Labute approximate surface area is 106 Å². The minimum atomic E-state index is -0.633. The molecule has 1 fully saturated rings. The first kappa shape index (κ1) is 14.6. The van der Waals surface area contributed by atoms with E-state index in [4.69, 9.17) is 0 Å². The maximum Gasteiger partial charge on any atom is 0.234 e. The molecule has 0 spiro atoms. The minimum absolute atomic E-state index is 0.0449. The summed E-state index contributed by atoms with van der Waals surface area (Å²) in [7, 11) is -0.633. The van der Waals surface area contributed by atoms with Gasteiger partial charge in [0.25, 0.3) is 0 Å². The van der Waals surface area contributed by atoms with Crippen LogP contribution in [0.25, 0.3) is 0 Å². The van der Waals surface area contributed by atoms with Crippen molar-refractivity contribution in [1.82, 2.24) is 10.6 Å². The normalized spacial score (nSPS) is 25.6. The highest BCUT2D eigenvalue weighted by molar-refractivity contribution is 7.85. The molecule has 0 aromatic heterocycles. The van der Waals surface area contributed by atoms with E-state index in [1.807, 2.05) is 13.8 Å². The smallest absolute Gasteiger partial charge is 0.234 e. The second-order valence-electron chi connectivity index (χ2n) is 5.29. The van der Waals surface area contributed by atoms with E-state index in [0.29, 0.717) is 12.6 Å². The molecule has 0 aromatic carbocycles. The van der Waals surface area contributed by atoms with E-state index in [1.165, 1.54) is 0 Å². The summed E-state index contributed by atoms with van der Waals surface area (Å²) in [6.45, 7) is 6.47. The molecule has 4 nitrogen and oxygen atoms in total. The van der Waals surface area contributed by atoms with Crippen molar-refractivity contribution in [3.63, 3.8) is 0 Å². The first-order valence-electron chi connectivity index (χ1n) is 6.32. The van der Waals surface area contributed by atoms with Gasteiger partial charge in [-0.25, -0.2) is 0 Å². The van der Waals surface area contributed by atoms with E-state index in [1.54, 1.807) is 0 Å². The van der Waals surface area contributed by atoms with Gasteiger partial charge in [0.15, 0.2) is 0 Å². The lowest BCUT2D eigenvalue weighted by atomic mass is 10.0. The molecule has 0 aliphatic carbocycles. The fourth-order valence-electron chi connectivity index (χ4n) is 1.74. The summed E-state index contributed by atoms with van der Waals surface area (Å²) in [6, 6.07) is 0.350. The van der Waals surface area contributed by atoms with Crippen molar-refractivity contribution in [2.75, 3.05) is 18.1 Å². The van der Waals surface area contributed by atoms with Gasteiger partial charge in [0.1, 0.15) is 0 Å². The van der Waals surface area contributed by atoms with Crippen molar-refractivity contribution < 1.29 is 9.00 Å². The zero-order valence-corrected chi connectivity index (χ0v) is 11.9. The zero-order chi connectivity index (χ0) is 12.9. The molecule has 0 saturated carbocycles. The molecule has 0 unspecified atom stereocenters. The van der Waals surface area contributed by atoms with E-state index in [0.717, 1.165) is 30.8 Å². The fraction of sp³-hybridized carbons (Fsp3) is 0.917. The van der Waals surface area contributed by atoms with Crippen LogP contribution in [0, 0.1) is 0 Å². The van der Waals surface area contributed by atoms with Crippen LogP contribution in [-0.4, -0.2) is 39.7 Å². The Bertz CT molecular complexity index is 282. The molecule has 1 heterocycles. The van der Waals surface area contributed by atoms with Gasteiger partial charge >= 0.3 is 0 Å². The molecule has 17 heavy (non-hydrogen) atoms. The average molecular weight is 260 g/mol. The molecule has 0 atom stereocenters. The van der Waals surface area contributed by atoms with Crippen molar-refractivity contribution in [3.05, 3.63) is 0 Å². The van der Waals surface area contributed by atoms with Gasteiger partial charge < -0.3 is 10.6 Å². The molecule has 5 heteroatoms. The van der Waals surface area contributed by atoms with Crippen LogP contribution in [0.15, 0.2) is 0 Å². The molecule has 1 aliphatic rings. The van der Waals surface area contributed by atoms with Gasteiger partial charge in [-0.15, -0.1) is 0 Å².